The van der Waals surface area contributed by atoms with Crippen molar-refractivity contribution >= 4 is 21.8 Å². The van der Waals surface area contributed by atoms with E-state index in [9.17, 15) is 18.0 Å². The summed E-state index contributed by atoms with van der Waals surface area (Å²) in [5.74, 6) is -1.13. The first-order valence-corrected chi connectivity index (χ1v) is 9.86. The molecular formula is C18H20N2O6S. The Kier molecular flexibility index (Phi) is 5.73. The topological polar surface area (TPSA) is 106 Å². The highest BCUT2D eigenvalue weighted by atomic mass is 32.2. The molecule has 1 aromatic heterocycles. The number of carbonyl (C=O) groups is 2. The Morgan fingerprint density at radius 2 is 1.96 bits per heavy atom. The predicted octanol–water partition coefficient (Wildman–Crippen LogP) is 1.38. The summed E-state index contributed by atoms with van der Waals surface area (Å²) in [4.78, 5) is 27.0. The molecule has 144 valence electrons. The number of benzene rings is 1. The van der Waals surface area contributed by atoms with Gasteiger partial charge < -0.3 is 14.5 Å². The largest absolute Gasteiger partial charge is 0.454 e. The molecule has 0 atom stereocenters. The SMILES string of the molecule is Cc1ccc(C(=O)OCC(=O)c2ccc[nH]2)cc1S(=O)(=O)N1CCOCC1. The molecule has 0 aliphatic carbocycles. The number of carbonyl (C=O) groups excluding carboxylic acids is 2. The van der Waals surface area contributed by atoms with Crippen LogP contribution in [0.4, 0.5) is 0 Å². The maximum Gasteiger partial charge on any atom is 0.338 e. The number of ether oxygens (including phenoxy) is 2. The molecule has 1 N–H and O–H groups in total. The zero-order chi connectivity index (χ0) is 19.4. The molecule has 8 nitrogen and oxygen atoms in total. The Labute approximate surface area is 157 Å². The molecule has 0 bridgehead atoms. The van der Waals surface area contributed by atoms with Crippen LogP contribution in [-0.4, -0.2) is 62.4 Å². The quantitative estimate of drug-likeness (QED) is 0.588. The van der Waals surface area contributed by atoms with Crippen LogP contribution in [0.3, 0.4) is 0 Å². The van der Waals surface area contributed by atoms with E-state index in [1.165, 1.54) is 16.4 Å². The van der Waals surface area contributed by atoms with Crippen molar-refractivity contribution in [2.45, 2.75) is 11.8 Å². The van der Waals surface area contributed by atoms with E-state index in [-0.39, 0.29) is 29.3 Å². The van der Waals surface area contributed by atoms with Crippen LogP contribution in [0.25, 0.3) is 0 Å². The average molecular weight is 392 g/mol. The number of morpholine rings is 1. The van der Waals surface area contributed by atoms with E-state index in [1.807, 2.05) is 0 Å². The van der Waals surface area contributed by atoms with Crippen LogP contribution in [0.1, 0.15) is 26.4 Å². The fourth-order valence-electron chi connectivity index (χ4n) is 2.73. The molecule has 0 spiro atoms. The molecule has 0 unspecified atom stereocenters. The smallest absolute Gasteiger partial charge is 0.338 e. The van der Waals surface area contributed by atoms with E-state index in [0.717, 1.165) is 0 Å². The first kappa shape index (κ1) is 19.3. The van der Waals surface area contributed by atoms with E-state index in [4.69, 9.17) is 9.47 Å². The Morgan fingerprint density at radius 3 is 2.63 bits per heavy atom. The number of hydrogen-bond donors (Lipinski definition) is 1. The zero-order valence-corrected chi connectivity index (χ0v) is 15.6. The van der Waals surface area contributed by atoms with Gasteiger partial charge in [-0.3, -0.25) is 4.79 Å². The first-order valence-electron chi connectivity index (χ1n) is 8.42. The third-order valence-corrected chi connectivity index (χ3v) is 6.29. The average Bonchev–Trinajstić information content (AvgIpc) is 3.21. The maximum atomic E-state index is 12.9. The molecule has 1 aliphatic heterocycles. The van der Waals surface area contributed by atoms with Gasteiger partial charge in [-0.25, -0.2) is 13.2 Å². The Hall–Kier alpha value is -2.49. The van der Waals surface area contributed by atoms with Crippen molar-refractivity contribution in [3.05, 3.63) is 53.3 Å². The van der Waals surface area contributed by atoms with Crippen LogP contribution >= 0.6 is 0 Å². The predicted molar refractivity (Wildman–Crippen MR) is 96.2 cm³/mol. The number of hydrogen-bond acceptors (Lipinski definition) is 6. The van der Waals surface area contributed by atoms with E-state index >= 15 is 0 Å². The molecule has 9 heteroatoms. The lowest BCUT2D eigenvalue weighted by Crippen LogP contribution is -2.40. The van der Waals surface area contributed by atoms with Crippen molar-refractivity contribution in [3.8, 4) is 0 Å². The van der Waals surface area contributed by atoms with Gasteiger partial charge in [0.05, 0.1) is 29.4 Å². The summed E-state index contributed by atoms with van der Waals surface area (Å²) in [6, 6.07) is 7.57. The molecule has 27 heavy (non-hydrogen) atoms. The first-order chi connectivity index (χ1) is 12.9. The lowest BCUT2D eigenvalue weighted by atomic mass is 10.1. The molecule has 1 aromatic carbocycles. The standard InChI is InChI=1S/C18H20N2O6S/c1-13-4-5-14(18(22)26-12-16(21)15-3-2-6-19-15)11-17(13)27(23,24)20-7-9-25-10-8-20/h2-6,11,19H,7-10,12H2,1H3. The lowest BCUT2D eigenvalue weighted by Gasteiger charge is -2.26. The number of esters is 1. The highest BCUT2D eigenvalue weighted by molar-refractivity contribution is 7.89. The van der Waals surface area contributed by atoms with Gasteiger partial charge in [0.2, 0.25) is 15.8 Å². The summed E-state index contributed by atoms with van der Waals surface area (Å²) in [5.41, 5.74) is 0.939. The number of nitrogens with zero attached hydrogens (tertiary/aromatic N) is 1. The highest BCUT2D eigenvalue weighted by Gasteiger charge is 2.28. The van der Waals surface area contributed by atoms with E-state index in [1.54, 1.807) is 31.3 Å². The van der Waals surface area contributed by atoms with Gasteiger partial charge in [-0.15, -0.1) is 0 Å². The minimum atomic E-state index is -3.74. The molecule has 2 heterocycles. The molecule has 2 aromatic rings. The number of aromatic nitrogens is 1. The van der Waals surface area contributed by atoms with E-state index < -0.39 is 22.6 Å². The van der Waals surface area contributed by atoms with Crippen LogP contribution in [0.5, 0.6) is 0 Å². The van der Waals surface area contributed by atoms with Gasteiger partial charge in [-0.05, 0) is 36.8 Å². The number of ketones is 1. The normalized spacial score (nSPS) is 15.4. The molecule has 3 rings (SSSR count). The number of H-pyrrole nitrogens is 1. The number of aromatic amines is 1. The highest BCUT2D eigenvalue weighted by Crippen LogP contribution is 2.22. The Balaban J connectivity index is 1.76. The van der Waals surface area contributed by atoms with Gasteiger partial charge in [0.1, 0.15) is 0 Å². The molecule has 0 amide bonds. The minimum Gasteiger partial charge on any atom is -0.454 e. The molecule has 0 radical (unpaired) electrons. The number of rotatable bonds is 6. The van der Waals surface area contributed by atoms with Gasteiger partial charge in [0, 0.05) is 19.3 Å². The van der Waals surface area contributed by atoms with Crippen LogP contribution < -0.4 is 0 Å². The number of nitrogens with one attached hydrogen (secondary N) is 1. The number of aryl methyl sites for hydroxylation is 1. The molecule has 1 saturated heterocycles. The zero-order valence-electron chi connectivity index (χ0n) is 14.8. The van der Waals surface area contributed by atoms with E-state index in [0.29, 0.717) is 24.5 Å². The Bertz CT molecular complexity index is 931. The van der Waals surface area contributed by atoms with Gasteiger partial charge >= 0.3 is 5.97 Å². The minimum absolute atomic E-state index is 0.0505. The van der Waals surface area contributed by atoms with Crippen LogP contribution in [-0.2, 0) is 19.5 Å². The summed E-state index contributed by atoms with van der Waals surface area (Å²) in [5, 5.41) is 0. The van der Waals surface area contributed by atoms with Crippen molar-refractivity contribution in [2.75, 3.05) is 32.9 Å². The second-order valence-corrected chi connectivity index (χ2v) is 7.99. The van der Waals surface area contributed by atoms with Crippen molar-refractivity contribution in [1.29, 1.82) is 0 Å². The lowest BCUT2D eigenvalue weighted by molar-refractivity contribution is 0.0473. The molecule has 1 aliphatic rings. The molecular weight excluding hydrogens is 372 g/mol. The van der Waals surface area contributed by atoms with Crippen LogP contribution in [0, 0.1) is 6.92 Å². The van der Waals surface area contributed by atoms with Crippen LogP contribution in [0.2, 0.25) is 0 Å². The summed E-state index contributed by atoms with van der Waals surface area (Å²) in [7, 11) is -3.74. The van der Waals surface area contributed by atoms with Crippen LogP contribution in [0.15, 0.2) is 41.4 Å². The summed E-state index contributed by atoms with van der Waals surface area (Å²) >= 11 is 0. The maximum absolute atomic E-state index is 12.9. The molecule has 1 fully saturated rings. The summed E-state index contributed by atoms with van der Waals surface area (Å²) < 4.78 is 37.3. The second kappa shape index (κ2) is 8.03. The summed E-state index contributed by atoms with van der Waals surface area (Å²) in [6.07, 6.45) is 1.60. The number of sulfonamides is 1. The van der Waals surface area contributed by atoms with Crippen molar-refractivity contribution in [2.24, 2.45) is 0 Å². The van der Waals surface area contributed by atoms with Crippen molar-refractivity contribution < 1.29 is 27.5 Å². The van der Waals surface area contributed by atoms with Crippen molar-refractivity contribution in [1.82, 2.24) is 9.29 Å². The van der Waals surface area contributed by atoms with Gasteiger partial charge in [0.25, 0.3) is 0 Å². The second-order valence-electron chi connectivity index (χ2n) is 6.08. The third kappa shape index (κ3) is 4.26. The monoisotopic (exact) mass is 392 g/mol. The van der Waals surface area contributed by atoms with Crippen molar-refractivity contribution in [3.63, 3.8) is 0 Å². The fraction of sp³-hybridized carbons (Fsp3) is 0.333. The van der Waals surface area contributed by atoms with Gasteiger partial charge in [-0.2, -0.15) is 4.31 Å². The van der Waals surface area contributed by atoms with E-state index in [2.05, 4.69) is 4.98 Å². The third-order valence-electron chi connectivity index (χ3n) is 4.24. The van der Waals surface area contributed by atoms with Gasteiger partial charge in [-0.1, -0.05) is 6.07 Å². The number of Topliss-reactive ketones (excluding diaryl/α,β-unsaturated/α-hetero) is 1. The Morgan fingerprint density at radius 1 is 1.22 bits per heavy atom. The summed E-state index contributed by atoms with van der Waals surface area (Å²) in [6.45, 7) is 2.43. The fourth-order valence-corrected chi connectivity index (χ4v) is 4.39. The molecule has 0 saturated carbocycles. The van der Waals surface area contributed by atoms with Gasteiger partial charge in [0.15, 0.2) is 6.61 Å².